The van der Waals surface area contributed by atoms with E-state index in [1.165, 1.54) is 11.0 Å². The Bertz CT molecular complexity index is 1040. The van der Waals surface area contributed by atoms with Crippen molar-refractivity contribution in [3.63, 3.8) is 0 Å². The van der Waals surface area contributed by atoms with Crippen LogP contribution in [0.2, 0.25) is 0 Å². The van der Waals surface area contributed by atoms with Crippen molar-refractivity contribution >= 4 is 23.5 Å². The Morgan fingerprint density at radius 3 is 2.35 bits per heavy atom. The molecule has 34 heavy (non-hydrogen) atoms. The van der Waals surface area contributed by atoms with E-state index in [0.717, 1.165) is 12.3 Å². The van der Waals surface area contributed by atoms with E-state index in [4.69, 9.17) is 0 Å². The zero-order chi connectivity index (χ0) is 24.3. The molecule has 1 unspecified atom stereocenters. The zero-order valence-electron chi connectivity index (χ0n) is 18.5. The first-order chi connectivity index (χ1) is 16.2. The molecule has 1 fully saturated rings. The lowest BCUT2D eigenvalue weighted by Gasteiger charge is -2.18. The van der Waals surface area contributed by atoms with Crippen LogP contribution in [0.1, 0.15) is 58.4 Å². The minimum Gasteiger partial charge on any atom is -0.354 e. The number of anilines is 1. The number of carbonyl (C=O) groups excluding carboxylic acids is 3. The Morgan fingerprint density at radius 2 is 1.74 bits per heavy atom. The number of amides is 3. The molecule has 0 aliphatic carbocycles. The number of carbonyl (C=O) groups is 3. The number of imide groups is 1. The lowest BCUT2D eigenvalue weighted by atomic mass is 10.1. The van der Waals surface area contributed by atoms with Crippen LogP contribution < -0.4 is 10.2 Å². The number of rotatable bonds is 8. The van der Waals surface area contributed by atoms with Gasteiger partial charge in [-0.2, -0.15) is 13.2 Å². The van der Waals surface area contributed by atoms with Crippen LogP contribution in [-0.2, 0) is 11.0 Å². The van der Waals surface area contributed by atoms with Gasteiger partial charge in [-0.05, 0) is 43.5 Å². The number of nitrogens with one attached hydrogen (secondary N) is 1. The molecule has 4 rings (SSSR count). The summed E-state index contributed by atoms with van der Waals surface area (Å²) >= 11 is 0. The molecule has 0 bridgehead atoms. The van der Waals surface area contributed by atoms with Gasteiger partial charge in [0.15, 0.2) is 0 Å². The fraction of sp³-hybridized carbons (Fsp3) is 0.417. The standard InChI is InChI=1S/C24H25F3N4O3/c25-24(26,27)16-9-10-20(28-14-16)30-13-11-17(15-30)29-21(32)8-2-1-5-12-31-22(33)18-6-3-4-7-19(18)23(31)34/h3-4,6-7,9-10,14,17H,1-2,5,8,11-13,15H2,(H,29,32). The van der Waals surface area contributed by atoms with Crippen LogP contribution in [0.4, 0.5) is 19.0 Å². The van der Waals surface area contributed by atoms with Gasteiger partial charge in [0.1, 0.15) is 5.82 Å². The van der Waals surface area contributed by atoms with E-state index in [-0.39, 0.29) is 23.8 Å². The summed E-state index contributed by atoms with van der Waals surface area (Å²) < 4.78 is 38.1. The summed E-state index contributed by atoms with van der Waals surface area (Å²) in [6.45, 7) is 1.42. The molecule has 0 spiro atoms. The number of aromatic nitrogens is 1. The first kappa shape index (κ1) is 23.7. The minimum atomic E-state index is -4.42. The number of unbranched alkanes of at least 4 members (excludes halogenated alkanes) is 2. The molecule has 2 aromatic rings. The average molecular weight is 474 g/mol. The Balaban J connectivity index is 1.14. The lowest BCUT2D eigenvalue weighted by molar-refractivity contribution is -0.137. The molecule has 1 saturated heterocycles. The quantitative estimate of drug-likeness (QED) is 0.467. The zero-order valence-corrected chi connectivity index (χ0v) is 18.5. The summed E-state index contributed by atoms with van der Waals surface area (Å²) in [5, 5.41) is 2.97. The molecule has 1 atom stereocenters. The maximum atomic E-state index is 12.7. The summed E-state index contributed by atoms with van der Waals surface area (Å²) in [7, 11) is 0. The number of pyridine rings is 1. The van der Waals surface area contributed by atoms with Gasteiger partial charge in [-0.25, -0.2) is 4.98 Å². The molecule has 2 aliphatic rings. The molecule has 1 aromatic heterocycles. The van der Waals surface area contributed by atoms with Crippen molar-refractivity contribution in [2.24, 2.45) is 0 Å². The summed E-state index contributed by atoms with van der Waals surface area (Å²) in [5.74, 6) is -0.177. The minimum absolute atomic E-state index is 0.0880. The van der Waals surface area contributed by atoms with E-state index in [2.05, 4.69) is 10.3 Å². The number of benzene rings is 1. The number of halogens is 3. The maximum Gasteiger partial charge on any atom is 0.417 e. The number of nitrogens with zero attached hydrogens (tertiary/aromatic N) is 3. The first-order valence-electron chi connectivity index (χ1n) is 11.3. The van der Waals surface area contributed by atoms with Crippen molar-refractivity contribution in [2.75, 3.05) is 24.5 Å². The van der Waals surface area contributed by atoms with Crippen molar-refractivity contribution in [3.8, 4) is 0 Å². The highest BCUT2D eigenvalue weighted by Gasteiger charge is 2.34. The average Bonchev–Trinajstić information content (AvgIpc) is 3.37. The van der Waals surface area contributed by atoms with E-state index in [1.54, 1.807) is 24.3 Å². The van der Waals surface area contributed by atoms with Crippen LogP contribution >= 0.6 is 0 Å². The summed E-state index contributed by atoms with van der Waals surface area (Å²) in [4.78, 5) is 44.0. The van der Waals surface area contributed by atoms with Gasteiger partial charge in [0.05, 0.1) is 16.7 Å². The van der Waals surface area contributed by atoms with Gasteiger partial charge in [-0.15, -0.1) is 0 Å². The van der Waals surface area contributed by atoms with Crippen LogP contribution in [0.15, 0.2) is 42.6 Å². The lowest BCUT2D eigenvalue weighted by Crippen LogP contribution is -2.37. The van der Waals surface area contributed by atoms with Crippen LogP contribution in [0.25, 0.3) is 0 Å². The summed E-state index contributed by atoms with van der Waals surface area (Å²) in [6, 6.07) is 9.04. The molecule has 1 N–H and O–H groups in total. The predicted octanol–water partition coefficient (Wildman–Crippen LogP) is 3.65. The molecule has 1 aromatic carbocycles. The molecule has 10 heteroatoms. The third-order valence-corrected chi connectivity index (χ3v) is 6.12. The topological polar surface area (TPSA) is 82.6 Å². The maximum absolute atomic E-state index is 12.7. The second kappa shape index (κ2) is 9.82. The van der Waals surface area contributed by atoms with Crippen molar-refractivity contribution in [1.29, 1.82) is 0 Å². The largest absolute Gasteiger partial charge is 0.417 e. The van der Waals surface area contributed by atoms with Crippen molar-refractivity contribution < 1.29 is 27.6 Å². The van der Waals surface area contributed by atoms with E-state index in [9.17, 15) is 27.6 Å². The second-order valence-electron chi connectivity index (χ2n) is 8.52. The SMILES string of the molecule is O=C(CCCCCN1C(=O)c2ccccc2C1=O)NC1CCN(c2ccc(C(F)(F)F)cn2)C1. The van der Waals surface area contributed by atoms with Gasteiger partial charge in [0.2, 0.25) is 5.91 Å². The highest BCUT2D eigenvalue weighted by molar-refractivity contribution is 6.21. The van der Waals surface area contributed by atoms with Crippen LogP contribution in [0.5, 0.6) is 0 Å². The fourth-order valence-electron chi connectivity index (χ4n) is 4.30. The number of fused-ring (bicyclic) bond motifs is 1. The smallest absolute Gasteiger partial charge is 0.354 e. The summed E-state index contributed by atoms with van der Waals surface area (Å²) in [6.07, 6.45) is -0.624. The Morgan fingerprint density at radius 1 is 1.03 bits per heavy atom. The van der Waals surface area contributed by atoms with Crippen molar-refractivity contribution in [2.45, 2.75) is 44.3 Å². The first-order valence-corrected chi connectivity index (χ1v) is 11.3. The Hall–Kier alpha value is -3.43. The van der Waals surface area contributed by atoms with Crippen molar-refractivity contribution in [1.82, 2.24) is 15.2 Å². The molecule has 3 amide bonds. The fourth-order valence-corrected chi connectivity index (χ4v) is 4.30. The monoisotopic (exact) mass is 474 g/mol. The highest BCUT2D eigenvalue weighted by atomic mass is 19.4. The third-order valence-electron chi connectivity index (χ3n) is 6.12. The highest BCUT2D eigenvalue weighted by Crippen LogP contribution is 2.30. The molecule has 0 saturated carbocycles. The molecular weight excluding hydrogens is 449 g/mol. The second-order valence-corrected chi connectivity index (χ2v) is 8.52. The van der Waals surface area contributed by atoms with Gasteiger partial charge in [0, 0.05) is 38.3 Å². The summed E-state index contributed by atoms with van der Waals surface area (Å²) in [5.41, 5.74) is 0.0799. The Labute approximate surface area is 194 Å². The number of hydrogen-bond acceptors (Lipinski definition) is 5. The molecule has 180 valence electrons. The molecule has 7 nitrogen and oxygen atoms in total. The van der Waals surface area contributed by atoms with Crippen LogP contribution in [0, 0.1) is 0 Å². The van der Waals surface area contributed by atoms with Crippen molar-refractivity contribution in [3.05, 3.63) is 59.3 Å². The molecule has 2 aliphatic heterocycles. The third kappa shape index (κ3) is 5.21. The van der Waals surface area contributed by atoms with Gasteiger partial charge in [0.25, 0.3) is 11.8 Å². The van der Waals surface area contributed by atoms with Gasteiger partial charge < -0.3 is 10.2 Å². The van der Waals surface area contributed by atoms with Crippen LogP contribution in [0.3, 0.4) is 0 Å². The van der Waals surface area contributed by atoms with Gasteiger partial charge in [-0.1, -0.05) is 18.6 Å². The van der Waals surface area contributed by atoms with E-state index >= 15 is 0 Å². The number of alkyl halides is 3. The van der Waals surface area contributed by atoms with Gasteiger partial charge in [-0.3, -0.25) is 19.3 Å². The van der Waals surface area contributed by atoms with Gasteiger partial charge >= 0.3 is 6.18 Å². The Kier molecular flexibility index (Phi) is 6.85. The molecule has 3 heterocycles. The van der Waals surface area contributed by atoms with E-state index in [1.807, 2.05) is 4.90 Å². The van der Waals surface area contributed by atoms with Crippen LogP contribution in [-0.4, -0.2) is 53.3 Å². The normalized spacial score (nSPS) is 17.9. The molecular formula is C24H25F3N4O3. The number of hydrogen-bond donors (Lipinski definition) is 1. The van der Waals surface area contributed by atoms with E-state index in [0.29, 0.717) is 68.7 Å². The van der Waals surface area contributed by atoms with E-state index < -0.39 is 11.7 Å². The predicted molar refractivity (Wildman–Crippen MR) is 118 cm³/mol. The molecule has 0 radical (unpaired) electrons.